The van der Waals surface area contributed by atoms with Gasteiger partial charge in [0.25, 0.3) is 0 Å². The van der Waals surface area contributed by atoms with Crippen LogP contribution in [0.2, 0.25) is 0 Å². The second-order valence-electron chi connectivity index (χ2n) is 2.68. The first-order chi connectivity index (χ1) is 6.20. The standard InChI is InChI=1S/C10H11NO2.Na/c1-8(10(12)13)11-7-9-5-3-2-4-6-9;/h2-8H,1H3,(H,12,13);/q;+1/p-1/t8-;/m0./s1. The summed E-state index contributed by atoms with van der Waals surface area (Å²) in [5, 5.41) is 10.3. The molecule has 1 aromatic carbocycles. The zero-order valence-electron chi connectivity index (χ0n) is 8.31. The molecule has 14 heavy (non-hydrogen) atoms. The topological polar surface area (TPSA) is 52.5 Å². The molecule has 3 nitrogen and oxygen atoms in total. The smallest absolute Gasteiger partial charge is 0.548 e. The SMILES string of the molecule is C[C@H](N=Cc1ccccc1)C(=O)[O-].[Na+]. The van der Waals surface area contributed by atoms with Crippen LogP contribution in [-0.2, 0) is 4.79 Å². The fraction of sp³-hybridized carbons (Fsp3) is 0.200. The molecule has 4 heteroatoms. The molecule has 0 radical (unpaired) electrons. The summed E-state index contributed by atoms with van der Waals surface area (Å²) >= 11 is 0. The second-order valence-corrected chi connectivity index (χ2v) is 2.68. The van der Waals surface area contributed by atoms with Crippen molar-refractivity contribution in [2.45, 2.75) is 13.0 Å². The molecule has 1 rings (SSSR count). The van der Waals surface area contributed by atoms with Crippen LogP contribution in [0.15, 0.2) is 35.3 Å². The van der Waals surface area contributed by atoms with Crippen LogP contribution in [0.4, 0.5) is 0 Å². The number of carbonyl (C=O) groups excluding carboxylic acids is 1. The minimum atomic E-state index is -1.16. The molecule has 0 aromatic heterocycles. The maximum Gasteiger partial charge on any atom is 1.00 e. The third-order valence-electron chi connectivity index (χ3n) is 1.59. The zero-order chi connectivity index (χ0) is 9.68. The van der Waals surface area contributed by atoms with Crippen molar-refractivity contribution < 1.29 is 39.5 Å². The molecular weight excluding hydrogens is 189 g/mol. The molecule has 0 amide bonds. The maximum absolute atomic E-state index is 10.3. The molecule has 68 valence electrons. The Labute approximate surface area is 105 Å². The third-order valence-corrected chi connectivity index (χ3v) is 1.59. The number of carbonyl (C=O) groups is 1. The number of aliphatic imine (C=N–C) groups is 1. The quantitative estimate of drug-likeness (QED) is 0.391. The second kappa shape index (κ2) is 6.76. The summed E-state index contributed by atoms with van der Waals surface area (Å²) < 4.78 is 0. The van der Waals surface area contributed by atoms with Crippen molar-refractivity contribution in [2.75, 3.05) is 0 Å². The van der Waals surface area contributed by atoms with Gasteiger partial charge in [0.1, 0.15) is 0 Å². The van der Waals surface area contributed by atoms with E-state index < -0.39 is 12.0 Å². The van der Waals surface area contributed by atoms with Crippen LogP contribution >= 0.6 is 0 Å². The third kappa shape index (κ3) is 4.56. The van der Waals surface area contributed by atoms with Crippen molar-refractivity contribution in [1.29, 1.82) is 0 Å². The van der Waals surface area contributed by atoms with E-state index in [1.165, 1.54) is 13.1 Å². The first kappa shape index (κ1) is 13.4. The van der Waals surface area contributed by atoms with E-state index in [9.17, 15) is 9.90 Å². The van der Waals surface area contributed by atoms with Gasteiger partial charge in [0.2, 0.25) is 0 Å². The molecule has 0 unspecified atom stereocenters. The van der Waals surface area contributed by atoms with Crippen LogP contribution < -0.4 is 34.7 Å². The van der Waals surface area contributed by atoms with Gasteiger partial charge < -0.3 is 9.90 Å². The minimum Gasteiger partial charge on any atom is -0.548 e. The van der Waals surface area contributed by atoms with Gasteiger partial charge in [0, 0.05) is 6.21 Å². The van der Waals surface area contributed by atoms with Gasteiger partial charge >= 0.3 is 29.6 Å². The largest absolute Gasteiger partial charge is 1.00 e. The predicted molar refractivity (Wildman–Crippen MR) is 48.5 cm³/mol. The van der Waals surface area contributed by atoms with Crippen LogP contribution in [0.1, 0.15) is 12.5 Å². The summed E-state index contributed by atoms with van der Waals surface area (Å²) in [5.41, 5.74) is 0.885. The Morgan fingerprint density at radius 1 is 1.43 bits per heavy atom. The van der Waals surface area contributed by atoms with E-state index in [1.54, 1.807) is 0 Å². The molecule has 0 spiro atoms. The number of carboxylic acid groups (broad SMARTS) is 1. The number of rotatable bonds is 3. The van der Waals surface area contributed by atoms with Gasteiger partial charge in [-0.3, -0.25) is 4.99 Å². The van der Waals surface area contributed by atoms with Gasteiger partial charge in [0.15, 0.2) is 0 Å². The van der Waals surface area contributed by atoms with E-state index in [0.717, 1.165) is 5.56 Å². The van der Waals surface area contributed by atoms with Gasteiger partial charge in [0.05, 0.1) is 12.0 Å². The first-order valence-corrected chi connectivity index (χ1v) is 3.99. The van der Waals surface area contributed by atoms with Crippen LogP contribution in [0, 0.1) is 0 Å². The number of carboxylic acids is 1. The number of benzene rings is 1. The Morgan fingerprint density at radius 2 is 2.00 bits per heavy atom. The van der Waals surface area contributed by atoms with Crippen molar-refractivity contribution in [3.8, 4) is 0 Å². The predicted octanol–water partition coefficient (Wildman–Crippen LogP) is -2.75. The molecule has 0 bridgehead atoms. The van der Waals surface area contributed by atoms with Gasteiger partial charge in [-0.05, 0) is 12.5 Å². The van der Waals surface area contributed by atoms with Crippen LogP contribution in [0.5, 0.6) is 0 Å². The van der Waals surface area contributed by atoms with Gasteiger partial charge in [-0.15, -0.1) is 0 Å². The molecular formula is C10H10NNaO2. The average molecular weight is 199 g/mol. The normalized spacial score (nSPS) is 12.1. The Bertz CT molecular complexity index is 311. The zero-order valence-corrected chi connectivity index (χ0v) is 10.3. The molecule has 0 heterocycles. The molecule has 1 atom stereocenters. The Hall–Kier alpha value is -0.640. The van der Waals surface area contributed by atoms with Crippen molar-refractivity contribution >= 4 is 12.2 Å². The Morgan fingerprint density at radius 3 is 2.50 bits per heavy atom. The fourth-order valence-corrected chi connectivity index (χ4v) is 0.798. The van der Waals surface area contributed by atoms with Crippen LogP contribution in [0.3, 0.4) is 0 Å². The van der Waals surface area contributed by atoms with Crippen molar-refractivity contribution in [2.24, 2.45) is 4.99 Å². The molecule has 1 aromatic rings. The van der Waals surface area contributed by atoms with Crippen molar-refractivity contribution in [3.63, 3.8) is 0 Å². The summed E-state index contributed by atoms with van der Waals surface area (Å²) in [7, 11) is 0. The molecule has 0 saturated heterocycles. The van der Waals surface area contributed by atoms with E-state index in [0.29, 0.717) is 0 Å². The van der Waals surface area contributed by atoms with E-state index in [-0.39, 0.29) is 29.6 Å². The minimum absolute atomic E-state index is 0. The average Bonchev–Trinajstić information content (AvgIpc) is 2.15. The van der Waals surface area contributed by atoms with E-state index in [2.05, 4.69) is 4.99 Å². The number of aliphatic carboxylic acids is 1. The Kier molecular flexibility index (Phi) is 6.45. The van der Waals surface area contributed by atoms with Crippen molar-refractivity contribution in [1.82, 2.24) is 0 Å². The summed E-state index contributed by atoms with van der Waals surface area (Å²) in [6, 6.07) is 8.53. The van der Waals surface area contributed by atoms with Crippen LogP contribution in [-0.4, -0.2) is 18.2 Å². The molecule has 0 aliphatic carbocycles. The fourth-order valence-electron chi connectivity index (χ4n) is 0.798. The molecule has 0 N–H and O–H groups in total. The summed E-state index contributed by atoms with van der Waals surface area (Å²) in [6.45, 7) is 1.48. The summed E-state index contributed by atoms with van der Waals surface area (Å²) in [4.78, 5) is 14.1. The molecule has 0 aliphatic heterocycles. The first-order valence-electron chi connectivity index (χ1n) is 3.99. The Balaban J connectivity index is 0.00000169. The van der Waals surface area contributed by atoms with Crippen molar-refractivity contribution in [3.05, 3.63) is 35.9 Å². The monoisotopic (exact) mass is 199 g/mol. The number of hydrogen-bond acceptors (Lipinski definition) is 3. The van der Waals surface area contributed by atoms with E-state index in [4.69, 9.17) is 0 Å². The number of hydrogen-bond donors (Lipinski definition) is 0. The maximum atomic E-state index is 10.3. The molecule has 0 fully saturated rings. The molecule has 0 aliphatic rings. The van der Waals surface area contributed by atoms with Gasteiger partial charge in [-0.25, -0.2) is 0 Å². The van der Waals surface area contributed by atoms with E-state index in [1.807, 2.05) is 30.3 Å². The molecule has 0 saturated carbocycles. The van der Waals surface area contributed by atoms with Gasteiger partial charge in [-0.2, -0.15) is 0 Å². The summed E-state index contributed by atoms with van der Waals surface area (Å²) in [5.74, 6) is -1.16. The van der Waals surface area contributed by atoms with Crippen LogP contribution in [0.25, 0.3) is 0 Å². The van der Waals surface area contributed by atoms with Gasteiger partial charge in [-0.1, -0.05) is 30.3 Å². The number of nitrogens with zero attached hydrogens (tertiary/aromatic N) is 1. The summed E-state index contributed by atoms with van der Waals surface area (Å²) in [6.07, 6.45) is 1.53. The van der Waals surface area contributed by atoms with E-state index >= 15 is 0 Å².